The molecule has 2 heterocycles. The van der Waals surface area contributed by atoms with E-state index < -0.39 is 0 Å². The van der Waals surface area contributed by atoms with E-state index in [1.54, 1.807) is 4.68 Å². The SMILES string of the molecule is CCCCn1nc(C)c(C(=O)NC(c2nc3ccccc3[nH]2)C(C)C)c1Cl. The molecule has 2 N–H and O–H groups in total. The molecule has 0 saturated heterocycles. The van der Waals surface area contributed by atoms with E-state index >= 15 is 0 Å². The van der Waals surface area contributed by atoms with Gasteiger partial charge in [0.25, 0.3) is 5.91 Å². The molecule has 3 rings (SSSR count). The highest BCUT2D eigenvalue weighted by Gasteiger charge is 2.26. The molecule has 0 bridgehead atoms. The molecule has 2 aromatic heterocycles. The second-order valence-electron chi connectivity index (χ2n) is 7.16. The summed E-state index contributed by atoms with van der Waals surface area (Å²) in [5.74, 6) is 0.676. The number of aryl methyl sites for hydroxylation is 2. The molecule has 0 saturated carbocycles. The van der Waals surface area contributed by atoms with E-state index in [1.165, 1.54) is 0 Å². The molecule has 7 heteroatoms. The number of amides is 1. The molecule has 0 radical (unpaired) electrons. The number of para-hydroxylation sites is 2. The van der Waals surface area contributed by atoms with Crippen LogP contribution in [0.5, 0.6) is 0 Å². The van der Waals surface area contributed by atoms with E-state index in [0.717, 1.165) is 29.7 Å². The Balaban J connectivity index is 1.87. The number of aromatic amines is 1. The molecule has 0 aliphatic heterocycles. The van der Waals surface area contributed by atoms with Crippen molar-refractivity contribution >= 4 is 28.5 Å². The number of H-pyrrole nitrogens is 1. The lowest BCUT2D eigenvalue weighted by molar-refractivity contribution is 0.0923. The first kappa shape index (κ1) is 19.4. The zero-order chi connectivity index (χ0) is 19.6. The van der Waals surface area contributed by atoms with Crippen molar-refractivity contribution in [2.24, 2.45) is 5.92 Å². The maximum atomic E-state index is 13.0. The van der Waals surface area contributed by atoms with E-state index in [-0.39, 0.29) is 17.9 Å². The highest BCUT2D eigenvalue weighted by molar-refractivity contribution is 6.33. The number of rotatable bonds is 7. The molecular formula is C20H26ClN5O. The van der Waals surface area contributed by atoms with Gasteiger partial charge in [-0.05, 0) is 31.4 Å². The molecule has 6 nitrogen and oxygen atoms in total. The van der Waals surface area contributed by atoms with Gasteiger partial charge in [0.1, 0.15) is 11.0 Å². The highest BCUT2D eigenvalue weighted by atomic mass is 35.5. The molecule has 0 aliphatic carbocycles. The van der Waals surface area contributed by atoms with Crippen molar-refractivity contribution < 1.29 is 4.79 Å². The fourth-order valence-electron chi connectivity index (χ4n) is 3.15. The van der Waals surface area contributed by atoms with Gasteiger partial charge in [0.05, 0.1) is 28.3 Å². The number of fused-ring (bicyclic) bond motifs is 1. The number of carbonyl (C=O) groups excluding carboxylic acids is 1. The summed E-state index contributed by atoms with van der Waals surface area (Å²) in [6.45, 7) is 8.74. The predicted molar refractivity (Wildman–Crippen MR) is 108 cm³/mol. The van der Waals surface area contributed by atoms with Gasteiger partial charge in [-0.25, -0.2) is 4.98 Å². The molecule has 27 heavy (non-hydrogen) atoms. The summed E-state index contributed by atoms with van der Waals surface area (Å²) in [6, 6.07) is 7.58. The van der Waals surface area contributed by atoms with Gasteiger partial charge in [-0.2, -0.15) is 5.10 Å². The van der Waals surface area contributed by atoms with Gasteiger partial charge >= 0.3 is 0 Å². The number of nitrogens with zero attached hydrogens (tertiary/aromatic N) is 3. The Labute approximate surface area is 164 Å². The summed E-state index contributed by atoms with van der Waals surface area (Å²) in [6.07, 6.45) is 2.01. The minimum atomic E-state index is -0.251. The minimum Gasteiger partial charge on any atom is -0.342 e. The number of carbonyl (C=O) groups is 1. The number of aromatic nitrogens is 4. The van der Waals surface area contributed by atoms with Gasteiger partial charge in [0.2, 0.25) is 0 Å². The summed E-state index contributed by atoms with van der Waals surface area (Å²) in [7, 11) is 0. The standard InChI is InChI=1S/C20H26ClN5O/c1-5-6-11-26-18(21)16(13(4)25-26)20(27)24-17(12(2)3)19-22-14-9-7-8-10-15(14)23-19/h7-10,12,17H,5-6,11H2,1-4H3,(H,22,23)(H,24,27). The van der Waals surface area contributed by atoms with E-state index in [0.29, 0.717) is 23.0 Å². The molecule has 1 atom stereocenters. The van der Waals surface area contributed by atoms with Crippen molar-refractivity contribution in [1.29, 1.82) is 0 Å². The molecule has 0 spiro atoms. The third-order valence-electron chi connectivity index (χ3n) is 4.67. The van der Waals surface area contributed by atoms with Gasteiger partial charge in [0.15, 0.2) is 0 Å². The van der Waals surface area contributed by atoms with Crippen LogP contribution in [-0.2, 0) is 6.54 Å². The second kappa shape index (κ2) is 8.13. The lowest BCUT2D eigenvalue weighted by Gasteiger charge is -2.20. The smallest absolute Gasteiger partial charge is 0.256 e. The second-order valence-corrected chi connectivity index (χ2v) is 7.52. The third-order valence-corrected chi connectivity index (χ3v) is 5.06. The number of hydrogen-bond donors (Lipinski definition) is 2. The van der Waals surface area contributed by atoms with Gasteiger partial charge in [-0.1, -0.05) is 50.9 Å². The van der Waals surface area contributed by atoms with Crippen LogP contribution in [0.1, 0.15) is 61.5 Å². The fourth-order valence-corrected chi connectivity index (χ4v) is 3.50. The number of halogens is 1. The summed E-state index contributed by atoms with van der Waals surface area (Å²) in [4.78, 5) is 21.0. The van der Waals surface area contributed by atoms with Gasteiger partial charge in [0, 0.05) is 6.54 Å². The van der Waals surface area contributed by atoms with Gasteiger partial charge < -0.3 is 10.3 Å². The zero-order valence-electron chi connectivity index (χ0n) is 16.2. The van der Waals surface area contributed by atoms with Gasteiger partial charge in [-0.15, -0.1) is 0 Å². The molecule has 1 unspecified atom stereocenters. The van der Waals surface area contributed by atoms with Crippen molar-refractivity contribution in [3.8, 4) is 0 Å². The van der Waals surface area contributed by atoms with E-state index in [2.05, 4.69) is 41.2 Å². The Morgan fingerprint density at radius 3 is 2.74 bits per heavy atom. The first-order valence-electron chi connectivity index (χ1n) is 9.40. The number of nitrogens with one attached hydrogen (secondary N) is 2. The molecule has 1 aromatic carbocycles. The van der Waals surface area contributed by atoms with Crippen LogP contribution in [0.4, 0.5) is 0 Å². The molecule has 0 aliphatic rings. The topological polar surface area (TPSA) is 75.6 Å². The molecule has 1 amide bonds. The summed E-state index contributed by atoms with van der Waals surface area (Å²) in [5, 5.41) is 7.91. The third kappa shape index (κ3) is 4.00. The monoisotopic (exact) mass is 387 g/mol. The van der Waals surface area contributed by atoms with Crippen molar-refractivity contribution in [1.82, 2.24) is 25.1 Å². The minimum absolute atomic E-state index is 0.156. The average Bonchev–Trinajstić information content (AvgIpc) is 3.17. The lowest BCUT2D eigenvalue weighted by atomic mass is 10.0. The Kier molecular flexibility index (Phi) is 5.85. The number of benzene rings is 1. The molecule has 144 valence electrons. The number of hydrogen-bond acceptors (Lipinski definition) is 3. The van der Waals surface area contributed by atoms with Gasteiger partial charge in [-0.3, -0.25) is 9.48 Å². The Hall–Kier alpha value is -2.34. The highest BCUT2D eigenvalue weighted by Crippen LogP contribution is 2.25. The van der Waals surface area contributed by atoms with Crippen LogP contribution >= 0.6 is 11.6 Å². The lowest BCUT2D eigenvalue weighted by Crippen LogP contribution is -2.33. The van der Waals surface area contributed by atoms with Crippen LogP contribution < -0.4 is 5.32 Å². The summed E-state index contributed by atoms with van der Waals surface area (Å²) >= 11 is 6.45. The largest absolute Gasteiger partial charge is 0.342 e. The van der Waals surface area contributed by atoms with Crippen LogP contribution in [0.25, 0.3) is 11.0 Å². The van der Waals surface area contributed by atoms with E-state index in [1.807, 2.05) is 31.2 Å². The van der Waals surface area contributed by atoms with E-state index in [4.69, 9.17) is 11.6 Å². The first-order chi connectivity index (χ1) is 12.9. The fraction of sp³-hybridized carbons (Fsp3) is 0.450. The molecule has 0 fully saturated rings. The Morgan fingerprint density at radius 1 is 1.33 bits per heavy atom. The number of unbranched alkanes of at least 4 members (excludes halogenated alkanes) is 1. The Morgan fingerprint density at radius 2 is 2.07 bits per heavy atom. The van der Waals surface area contributed by atoms with Crippen LogP contribution in [0, 0.1) is 12.8 Å². The first-order valence-corrected chi connectivity index (χ1v) is 9.78. The average molecular weight is 388 g/mol. The maximum absolute atomic E-state index is 13.0. The Bertz CT molecular complexity index is 910. The normalized spacial score (nSPS) is 12.7. The quantitative estimate of drug-likeness (QED) is 0.619. The summed E-state index contributed by atoms with van der Waals surface area (Å²) in [5.41, 5.74) is 2.92. The predicted octanol–water partition coefficient (Wildman–Crippen LogP) is 4.65. The van der Waals surface area contributed by atoms with E-state index in [9.17, 15) is 4.79 Å². The van der Waals surface area contributed by atoms with Crippen LogP contribution in [0.3, 0.4) is 0 Å². The molecular weight excluding hydrogens is 362 g/mol. The van der Waals surface area contributed by atoms with Crippen molar-refractivity contribution in [3.05, 3.63) is 46.5 Å². The zero-order valence-corrected chi connectivity index (χ0v) is 17.0. The number of imidazole rings is 1. The summed E-state index contributed by atoms with van der Waals surface area (Å²) < 4.78 is 1.71. The van der Waals surface area contributed by atoms with Crippen LogP contribution in [-0.4, -0.2) is 25.7 Å². The van der Waals surface area contributed by atoms with Crippen molar-refractivity contribution in [3.63, 3.8) is 0 Å². The maximum Gasteiger partial charge on any atom is 0.256 e. The van der Waals surface area contributed by atoms with Crippen molar-refractivity contribution in [2.45, 2.75) is 53.1 Å². The molecule has 3 aromatic rings. The van der Waals surface area contributed by atoms with Crippen molar-refractivity contribution in [2.75, 3.05) is 0 Å². The van der Waals surface area contributed by atoms with Crippen LogP contribution in [0.15, 0.2) is 24.3 Å². The van der Waals surface area contributed by atoms with Crippen LogP contribution in [0.2, 0.25) is 5.15 Å².